The van der Waals surface area contributed by atoms with Gasteiger partial charge in [-0.05, 0) is 14.0 Å². The molecule has 1 amide bonds. The summed E-state index contributed by atoms with van der Waals surface area (Å²) in [6.45, 7) is 0.670. The Balaban J connectivity index is 3.89. The summed E-state index contributed by atoms with van der Waals surface area (Å²) in [7, 11) is 1.50. The molecule has 0 rings (SSSR count). The minimum Gasteiger partial charge on any atom is -0.382 e. The maximum absolute atomic E-state index is 11.8. The second-order valence-corrected chi connectivity index (χ2v) is 2.81. The van der Waals surface area contributed by atoms with E-state index in [1.807, 2.05) is 5.32 Å². The van der Waals surface area contributed by atoms with Gasteiger partial charge >= 0.3 is 6.18 Å². The smallest absolute Gasteiger partial charge is 0.382 e. The zero-order chi connectivity index (χ0) is 11.4. The normalized spacial score (nSPS) is 16.1. The molecule has 0 spiro atoms. The first-order valence-electron chi connectivity index (χ1n) is 3.98. The number of nitrogens with one attached hydrogen (secondary N) is 2. The molecule has 0 saturated heterocycles. The second-order valence-electron chi connectivity index (χ2n) is 2.81. The highest BCUT2D eigenvalue weighted by Gasteiger charge is 2.38. The fourth-order valence-corrected chi connectivity index (χ4v) is 0.597. The van der Waals surface area contributed by atoms with E-state index in [0.29, 0.717) is 0 Å². The van der Waals surface area contributed by atoms with Crippen molar-refractivity contribution in [3.8, 4) is 0 Å². The zero-order valence-corrected chi connectivity index (χ0v) is 7.85. The number of alkyl halides is 3. The molecule has 0 bridgehead atoms. The van der Waals surface area contributed by atoms with Gasteiger partial charge in [-0.25, -0.2) is 0 Å². The maximum Gasteiger partial charge on any atom is 0.416 e. The lowest BCUT2D eigenvalue weighted by molar-refractivity contribution is -0.201. The van der Waals surface area contributed by atoms with Crippen LogP contribution in [0.15, 0.2) is 0 Å². The van der Waals surface area contributed by atoms with Gasteiger partial charge in [0.25, 0.3) is 0 Å². The first-order chi connectivity index (χ1) is 6.29. The number of likely N-dealkylation sites (N-methyl/N-ethyl adjacent to an activating group) is 1. The quantitative estimate of drug-likeness (QED) is 0.598. The van der Waals surface area contributed by atoms with Gasteiger partial charge in [-0.15, -0.1) is 0 Å². The van der Waals surface area contributed by atoms with E-state index in [1.54, 1.807) is 0 Å². The van der Waals surface area contributed by atoms with Crippen LogP contribution in [0, 0.1) is 0 Å². The van der Waals surface area contributed by atoms with Crippen molar-refractivity contribution in [3.05, 3.63) is 0 Å². The van der Waals surface area contributed by atoms with Crippen molar-refractivity contribution in [1.82, 2.24) is 10.6 Å². The number of hydrogen-bond donors (Lipinski definition) is 3. The van der Waals surface area contributed by atoms with Crippen LogP contribution in [0.5, 0.6) is 0 Å². The van der Waals surface area contributed by atoms with E-state index in [9.17, 15) is 18.0 Å². The number of hydrogen-bond acceptors (Lipinski definition) is 3. The lowest BCUT2D eigenvalue weighted by atomic mass is 10.3. The van der Waals surface area contributed by atoms with E-state index in [-0.39, 0.29) is 0 Å². The van der Waals surface area contributed by atoms with Crippen molar-refractivity contribution in [2.24, 2.45) is 0 Å². The third-order valence-electron chi connectivity index (χ3n) is 1.67. The molecule has 0 aliphatic heterocycles. The SMILES string of the molecule is CNC(C)C(=O)NCC(O)C(F)(F)F. The minimum absolute atomic E-state index is 0.587. The Morgan fingerprint density at radius 1 is 1.50 bits per heavy atom. The summed E-state index contributed by atoms with van der Waals surface area (Å²) in [5.41, 5.74) is 0. The van der Waals surface area contributed by atoms with Crippen molar-refractivity contribution in [3.63, 3.8) is 0 Å². The molecule has 0 saturated carbocycles. The number of aliphatic hydroxyl groups excluding tert-OH is 1. The predicted molar refractivity (Wildman–Crippen MR) is 43.6 cm³/mol. The number of halogens is 3. The van der Waals surface area contributed by atoms with Gasteiger partial charge in [-0.1, -0.05) is 0 Å². The Hall–Kier alpha value is -0.820. The molecule has 0 aromatic rings. The van der Waals surface area contributed by atoms with Crippen LogP contribution in [-0.2, 0) is 4.79 Å². The third kappa shape index (κ3) is 4.43. The van der Waals surface area contributed by atoms with Gasteiger partial charge in [0.1, 0.15) is 0 Å². The van der Waals surface area contributed by atoms with Crippen molar-refractivity contribution < 1.29 is 23.1 Å². The Morgan fingerprint density at radius 2 is 2.00 bits per heavy atom. The molecule has 7 heteroatoms. The Labute approximate surface area is 79.5 Å². The number of aliphatic hydroxyl groups is 1. The summed E-state index contributed by atoms with van der Waals surface area (Å²) in [5, 5.41) is 13.0. The largest absolute Gasteiger partial charge is 0.416 e. The molecule has 0 aromatic carbocycles. The van der Waals surface area contributed by atoms with Gasteiger partial charge in [0.2, 0.25) is 5.91 Å². The van der Waals surface area contributed by atoms with Gasteiger partial charge in [-0.3, -0.25) is 4.79 Å². The minimum atomic E-state index is -4.70. The van der Waals surface area contributed by atoms with Crippen LogP contribution in [0.25, 0.3) is 0 Å². The average molecular weight is 214 g/mol. The van der Waals surface area contributed by atoms with Crippen LogP contribution in [-0.4, -0.2) is 42.9 Å². The van der Waals surface area contributed by atoms with Crippen LogP contribution in [0.1, 0.15) is 6.92 Å². The number of amides is 1. The standard InChI is InChI=1S/C7H13F3N2O2/c1-4(11-2)6(14)12-3-5(13)7(8,9)10/h4-5,11,13H,3H2,1-2H3,(H,12,14). The van der Waals surface area contributed by atoms with Crippen LogP contribution in [0.4, 0.5) is 13.2 Å². The summed E-state index contributed by atoms with van der Waals surface area (Å²) >= 11 is 0. The van der Waals surface area contributed by atoms with Gasteiger partial charge in [0.05, 0.1) is 12.6 Å². The van der Waals surface area contributed by atoms with E-state index in [4.69, 9.17) is 5.11 Å². The van der Waals surface area contributed by atoms with Crippen LogP contribution >= 0.6 is 0 Å². The highest BCUT2D eigenvalue weighted by atomic mass is 19.4. The number of rotatable bonds is 4. The third-order valence-corrected chi connectivity index (χ3v) is 1.67. The van der Waals surface area contributed by atoms with Crippen LogP contribution < -0.4 is 10.6 Å². The molecule has 0 fully saturated rings. The van der Waals surface area contributed by atoms with E-state index >= 15 is 0 Å². The summed E-state index contributed by atoms with van der Waals surface area (Å²) in [6.07, 6.45) is -7.22. The number of carbonyl (C=O) groups is 1. The fourth-order valence-electron chi connectivity index (χ4n) is 0.597. The zero-order valence-electron chi connectivity index (χ0n) is 7.85. The lowest BCUT2D eigenvalue weighted by Crippen LogP contribution is -2.46. The van der Waals surface area contributed by atoms with Gasteiger partial charge in [0, 0.05) is 0 Å². The molecule has 0 aliphatic rings. The van der Waals surface area contributed by atoms with E-state index < -0.39 is 30.8 Å². The van der Waals surface area contributed by atoms with Crippen molar-refractivity contribution in [2.75, 3.05) is 13.6 Å². The molecule has 2 atom stereocenters. The predicted octanol–water partition coefficient (Wildman–Crippen LogP) is -0.366. The Kier molecular flexibility index (Phi) is 4.86. The molecular formula is C7H13F3N2O2. The molecule has 3 N–H and O–H groups in total. The fraction of sp³-hybridized carbons (Fsp3) is 0.857. The molecular weight excluding hydrogens is 201 g/mol. The van der Waals surface area contributed by atoms with Crippen molar-refractivity contribution >= 4 is 5.91 Å². The molecule has 0 aliphatic carbocycles. The Morgan fingerprint density at radius 3 is 2.36 bits per heavy atom. The van der Waals surface area contributed by atoms with Crippen LogP contribution in [0.3, 0.4) is 0 Å². The maximum atomic E-state index is 11.8. The molecule has 0 aromatic heterocycles. The average Bonchev–Trinajstić information content (AvgIpc) is 2.10. The van der Waals surface area contributed by atoms with E-state index in [0.717, 1.165) is 0 Å². The monoisotopic (exact) mass is 214 g/mol. The molecule has 14 heavy (non-hydrogen) atoms. The van der Waals surface area contributed by atoms with Gasteiger partial charge < -0.3 is 15.7 Å². The Bertz CT molecular complexity index is 196. The summed E-state index contributed by atoms with van der Waals surface area (Å²) in [5.74, 6) is -0.587. The molecule has 0 radical (unpaired) electrons. The molecule has 0 heterocycles. The molecule has 84 valence electrons. The van der Waals surface area contributed by atoms with E-state index in [2.05, 4.69) is 5.32 Å². The van der Waals surface area contributed by atoms with Crippen molar-refractivity contribution in [1.29, 1.82) is 0 Å². The lowest BCUT2D eigenvalue weighted by Gasteiger charge is -2.16. The highest BCUT2D eigenvalue weighted by molar-refractivity contribution is 5.81. The highest BCUT2D eigenvalue weighted by Crippen LogP contribution is 2.19. The molecule has 2 unspecified atom stereocenters. The van der Waals surface area contributed by atoms with Crippen LogP contribution in [0.2, 0.25) is 0 Å². The van der Waals surface area contributed by atoms with Crippen molar-refractivity contribution in [2.45, 2.75) is 25.2 Å². The number of carbonyl (C=O) groups excluding carboxylic acids is 1. The topological polar surface area (TPSA) is 61.4 Å². The molecule has 4 nitrogen and oxygen atoms in total. The van der Waals surface area contributed by atoms with E-state index in [1.165, 1.54) is 14.0 Å². The van der Waals surface area contributed by atoms with Gasteiger partial charge in [0.15, 0.2) is 6.10 Å². The summed E-state index contributed by atoms with van der Waals surface area (Å²) in [6, 6.07) is -0.588. The summed E-state index contributed by atoms with van der Waals surface area (Å²) < 4.78 is 35.3. The first-order valence-corrected chi connectivity index (χ1v) is 3.98. The second kappa shape index (κ2) is 5.16. The first kappa shape index (κ1) is 13.2. The summed E-state index contributed by atoms with van der Waals surface area (Å²) in [4.78, 5) is 11.0. The van der Waals surface area contributed by atoms with Gasteiger partial charge in [-0.2, -0.15) is 13.2 Å².